The number of ketones is 1. The van der Waals surface area contributed by atoms with Crippen molar-refractivity contribution in [2.24, 2.45) is 46.2 Å². The Morgan fingerprint density at radius 1 is 1.10 bits per heavy atom. The summed E-state index contributed by atoms with van der Waals surface area (Å²) in [5.41, 5.74) is 8.57. The van der Waals surface area contributed by atoms with Gasteiger partial charge in [-0.15, -0.1) is 0 Å². The van der Waals surface area contributed by atoms with Crippen molar-refractivity contribution >= 4 is 5.78 Å². The third-order valence-corrected chi connectivity index (χ3v) is 10.2. The summed E-state index contributed by atoms with van der Waals surface area (Å²) in [4.78, 5) is 12.0. The van der Waals surface area contributed by atoms with Crippen LogP contribution in [0.3, 0.4) is 0 Å². The zero-order valence-corrected chi connectivity index (χ0v) is 19.7. The minimum absolute atomic E-state index is 0.0238. The second-order valence-electron chi connectivity index (χ2n) is 12.6. The summed E-state index contributed by atoms with van der Waals surface area (Å²) in [6.45, 7) is 12.0. The Hall–Kier alpha value is -0.630. The molecule has 0 aromatic heterocycles. The van der Waals surface area contributed by atoms with E-state index in [2.05, 4.69) is 34.6 Å². The zero-order valence-electron chi connectivity index (χ0n) is 19.7. The van der Waals surface area contributed by atoms with E-state index in [1.54, 1.807) is 0 Å². The normalized spacial score (nSPS) is 43.2. The Labute approximate surface area is 179 Å². The van der Waals surface area contributed by atoms with Crippen molar-refractivity contribution in [3.05, 3.63) is 11.6 Å². The number of allylic oxidation sites excluding steroid dienone is 1. The Balaban J connectivity index is 1.47. The summed E-state index contributed by atoms with van der Waals surface area (Å²) in [6, 6.07) is 0. The first kappa shape index (κ1) is 21.6. The molecule has 0 aromatic carbocycles. The van der Waals surface area contributed by atoms with Crippen molar-refractivity contribution in [3.63, 3.8) is 0 Å². The number of rotatable bonds is 5. The highest BCUT2D eigenvalue weighted by Crippen LogP contribution is 2.67. The van der Waals surface area contributed by atoms with Gasteiger partial charge in [-0.25, -0.2) is 0 Å². The maximum Gasteiger partial charge on any atom is 0.155 e. The molecule has 0 heterocycles. The lowest BCUT2D eigenvalue weighted by Gasteiger charge is -2.58. The molecule has 0 unspecified atom stereocenters. The van der Waals surface area contributed by atoms with Gasteiger partial charge in [0.25, 0.3) is 0 Å². The zero-order chi connectivity index (χ0) is 21.0. The van der Waals surface area contributed by atoms with Gasteiger partial charge in [0.05, 0.1) is 0 Å². The highest BCUT2D eigenvalue weighted by Gasteiger charge is 2.59. The van der Waals surface area contributed by atoms with Gasteiger partial charge in [-0.05, 0) is 112 Å². The standard InChI is InChI=1S/C27H45NO/c1-18(7-6-14-25(2,3)28)22-10-11-23-21-9-8-19-17-20(29)12-15-26(19,4)24(21)13-16-27(22,23)5/h17-18,21-24H,6-16,28H2,1-5H3/t18-,21+,22-,23+,24+,26+,27-/m1/s1. The van der Waals surface area contributed by atoms with Gasteiger partial charge in [0, 0.05) is 12.0 Å². The summed E-state index contributed by atoms with van der Waals surface area (Å²) >= 11 is 0. The highest BCUT2D eigenvalue weighted by atomic mass is 16.1. The molecule has 0 aliphatic heterocycles. The summed E-state index contributed by atoms with van der Waals surface area (Å²) in [7, 11) is 0. The molecule has 164 valence electrons. The van der Waals surface area contributed by atoms with Crippen LogP contribution in [0.5, 0.6) is 0 Å². The second kappa shape index (κ2) is 7.50. The van der Waals surface area contributed by atoms with E-state index in [-0.39, 0.29) is 5.54 Å². The Bertz CT molecular complexity index is 673. The van der Waals surface area contributed by atoms with Crippen molar-refractivity contribution in [2.75, 3.05) is 0 Å². The molecule has 4 aliphatic carbocycles. The van der Waals surface area contributed by atoms with Gasteiger partial charge >= 0.3 is 0 Å². The first-order chi connectivity index (χ1) is 13.5. The quantitative estimate of drug-likeness (QED) is 0.560. The molecule has 7 atom stereocenters. The van der Waals surface area contributed by atoms with E-state index in [9.17, 15) is 4.79 Å². The number of hydrogen-bond acceptors (Lipinski definition) is 2. The third-order valence-electron chi connectivity index (χ3n) is 10.2. The van der Waals surface area contributed by atoms with E-state index in [1.165, 1.54) is 56.9 Å². The predicted molar refractivity (Wildman–Crippen MR) is 121 cm³/mol. The van der Waals surface area contributed by atoms with Crippen LogP contribution in [0.15, 0.2) is 11.6 Å². The fraction of sp³-hybridized carbons (Fsp3) is 0.889. The lowest BCUT2D eigenvalue weighted by atomic mass is 9.46. The summed E-state index contributed by atoms with van der Waals surface area (Å²) in [5.74, 6) is 4.73. The molecule has 0 amide bonds. The Kier molecular flexibility index (Phi) is 5.59. The predicted octanol–water partition coefficient (Wildman–Crippen LogP) is 6.68. The van der Waals surface area contributed by atoms with E-state index in [0.29, 0.717) is 16.6 Å². The van der Waals surface area contributed by atoms with Crippen LogP contribution in [-0.2, 0) is 4.79 Å². The van der Waals surface area contributed by atoms with Crippen molar-refractivity contribution in [1.82, 2.24) is 0 Å². The molecule has 3 fully saturated rings. The fourth-order valence-corrected chi connectivity index (χ4v) is 8.62. The van der Waals surface area contributed by atoms with E-state index >= 15 is 0 Å². The van der Waals surface area contributed by atoms with Gasteiger partial charge in [-0.3, -0.25) is 4.79 Å². The van der Waals surface area contributed by atoms with Gasteiger partial charge in [0.2, 0.25) is 0 Å². The molecule has 3 saturated carbocycles. The van der Waals surface area contributed by atoms with Gasteiger partial charge in [-0.2, -0.15) is 0 Å². The first-order valence-electron chi connectivity index (χ1n) is 12.6. The first-order valence-corrected chi connectivity index (χ1v) is 12.6. The Morgan fingerprint density at radius 3 is 2.59 bits per heavy atom. The fourth-order valence-electron chi connectivity index (χ4n) is 8.62. The molecule has 0 aromatic rings. The van der Waals surface area contributed by atoms with Crippen molar-refractivity contribution in [1.29, 1.82) is 0 Å². The van der Waals surface area contributed by atoms with E-state index in [4.69, 9.17) is 5.73 Å². The molecule has 2 heteroatoms. The number of hydrogen-bond donors (Lipinski definition) is 1. The number of fused-ring (bicyclic) bond motifs is 5. The second-order valence-corrected chi connectivity index (χ2v) is 12.6. The van der Waals surface area contributed by atoms with Crippen LogP contribution in [0.2, 0.25) is 0 Å². The van der Waals surface area contributed by atoms with E-state index in [1.807, 2.05) is 6.08 Å². The van der Waals surface area contributed by atoms with Crippen LogP contribution in [0.1, 0.15) is 105 Å². The smallest absolute Gasteiger partial charge is 0.155 e. The molecule has 4 aliphatic rings. The van der Waals surface area contributed by atoms with E-state index in [0.717, 1.165) is 48.9 Å². The molecule has 4 rings (SSSR count). The molecular weight excluding hydrogens is 354 g/mol. The topological polar surface area (TPSA) is 43.1 Å². The average molecular weight is 400 g/mol. The highest BCUT2D eigenvalue weighted by molar-refractivity contribution is 5.91. The largest absolute Gasteiger partial charge is 0.326 e. The number of carbonyl (C=O) groups is 1. The number of carbonyl (C=O) groups excluding carboxylic acids is 1. The van der Waals surface area contributed by atoms with Crippen molar-refractivity contribution in [2.45, 2.75) is 111 Å². The van der Waals surface area contributed by atoms with Gasteiger partial charge < -0.3 is 5.73 Å². The van der Waals surface area contributed by atoms with E-state index < -0.39 is 0 Å². The van der Waals surface area contributed by atoms with Crippen LogP contribution in [-0.4, -0.2) is 11.3 Å². The summed E-state index contributed by atoms with van der Waals surface area (Å²) in [5, 5.41) is 0. The van der Waals surface area contributed by atoms with Gasteiger partial charge in [-0.1, -0.05) is 39.2 Å². The minimum Gasteiger partial charge on any atom is -0.326 e. The van der Waals surface area contributed by atoms with Gasteiger partial charge in [0.15, 0.2) is 5.78 Å². The van der Waals surface area contributed by atoms with Crippen LogP contribution in [0, 0.1) is 40.4 Å². The third kappa shape index (κ3) is 3.77. The molecular formula is C27H45NO. The molecule has 0 bridgehead atoms. The minimum atomic E-state index is -0.0238. The lowest BCUT2D eigenvalue weighted by molar-refractivity contribution is -0.117. The Morgan fingerprint density at radius 2 is 1.86 bits per heavy atom. The van der Waals surface area contributed by atoms with Crippen molar-refractivity contribution in [3.8, 4) is 0 Å². The molecule has 2 nitrogen and oxygen atoms in total. The van der Waals surface area contributed by atoms with Crippen molar-refractivity contribution < 1.29 is 4.79 Å². The van der Waals surface area contributed by atoms with Gasteiger partial charge in [0.1, 0.15) is 0 Å². The maximum absolute atomic E-state index is 12.0. The summed E-state index contributed by atoms with van der Waals surface area (Å²) < 4.78 is 0. The monoisotopic (exact) mass is 399 g/mol. The SMILES string of the molecule is C[C@H](CCCC(C)(C)N)[C@H]1CC[C@H]2[C@@H]3CCC4=CC(=O)CC[C@]4(C)[C@H]3CC[C@]12C. The lowest BCUT2D eigenvalue weighted by Crippen LogP contribution is -2.51. The average Bonchev–Trinajstić information content (AvgIpc) is 2.98. The molecule has 2 N–H and O–H groups in total. The summed E-state index contributed by atoms with van der Waals surface area (Å²) in [6.07, 6.45) is 15.9. The maximum atomic E-state index is 12.0. The van der Waals surface area contributed by atoms with Crippen LogP contribution in [0.4, 0.5) is 0 Å². The molecule has 0 spiro atoms. The van der Waals surface area contributed by atoms with Crippen LogP contribution >= 0.6 is 0 Å². The molecule has 0 saturated heterocycles. The number of nitrogens with two attached hydrogens (primary N) is 1. The van der Waals surface area contributed by atoms with Crippen LogP contribution < -0.4 is 5.73 Å². The molecule has 0 radical (unpaired) electrons. The molecule has 29 heavy (non-hydrogen) atoms. The van der Waals surface area contributed by atoms with Crippen LogP contribution in [0.25, 0.3) is 0 Å².